The zero-order chi connectivity index (χ0) is 24.2. The van der Waals surface area contributed by atoms with Crippen molar-refractivity contribution in [3.05, 3.63) is 63.9 Å². The summed E-state index contributed by atoms with van der Waals surface area (Å²) in [7, 11) is 1.52. The van der Waals surface area contributed by atoms with Crippen LogP contribution >= 0.6 is 23.2 Å². The Labute approximate surface area is 207 Å². The molecule has 4 rings (SSSR count). The van der Waals surface area contributed by atoms with E-state index >= 15 is 0 Å². The summed E-state index contributed by atoms with van der Waals surface area (Å²) in [6.07, 6.45) is 2.66. The van der Waals surface area contributed by atoms with Gasteiger partial charge in [0.25, 0.3) is 5.91 Å². The summed E-state index contributed by atoms with van der Waals surface area (Å²) in [5.74, 6) is 0.0816. The number of carbonyl (C=O) groups excluding carboxylic acids is 2. The number of halogens is 2. The monoisotopic (exact) mass is 501 g/mol. The van der Waals surface area contributed by atoms with E-state index in [4.69, 9.17) is 27.9 Å². The van der Waals surface area contributed by atoms with Gasteiger partial charge in [-0.2, -0.15) is 5.10 Å². The Morgan fingerprint density at radius 2 is 1.97 bits per heavy atom. The van der Waals surface area contributed by atoms with Gasteiger partial charge in [0.2, 0.25) is 11.8 Å². The molecule has 1 saturated heterocycles. The van der Waals surface area contributed by atoms with E-state index in [-0.39, 0.29) is 23.8 Å². The maximum absolute atomic E-state index is 13.0. The number of ether oxygens (including phenoxy) is 1. The van der Waals surface area contributed by atoms with Crippen LogP contribution in [0.25, 0.3) is 11.3 Å². The first-order valence-electron chi connectivity index (χ1n) is 11.0. The van der Waals surface area contributed by atoms with Gasteiger partial charge in [-0.1, -0.05) is 35.3 Å². The second-order valence-corrected chi connectivity index (χ2v) is 9.07. The number of carbonyl (C=O) groups is 2. The minimum absolute atomic E-state index is 0.00956. The fourth-order valence-corrected chi connectivity index (χ4v) is 4.40. The molecule has 0 spiro atoms. The van der Waals surface area contributed by atoms with E-state index in [1.54, 1.807) is 23.1 Å². The number of nitrogens with one attached hydrogen (secondary N) is 2. The molecule has 3 heterocycles. The Balaban J connectivity index is 1.35. The Morgan fingerprint density at radius 1 is 1.21 bits per heavy atom. The minimum atomic E-state index is -0.165. The summed E-state index contributed by atoms with van der Waals surface area (Å²) in [5, 5.41) is 11.1. The third kappa shape index (κ3) is 5.34. The summed E-state index contributed by atoms with van der Waals surface area (Å²) >= 11 is 12.3. The molecule has 1 fully saturated rings. The fraction of sp³-hybridized carbons (Fsp3) is 0.333. The second kappa shape index (κ2) is 10.4. The van der Waals surface area contributed by atoms with Gasteiger partial charge in [-0.3, -0.25) is 14.7 Å². The Kier molecular flexibility index (Phi) is 7.38. The number of aromatic amines is 1. The Bertz CT molecular complexity index is 1190. The van der Waals surface area contributed by atoms with Gasteiger partial charge in [0, 0.05) is 35.7 Å². The lowest BCUT2D eigenvalue weighted by molar-refractivity contribution is -0.127. The molecule has 2 N–H and O–H groups in total. The molecule has 2 amide bonds. The number of likely N-dealkylation sites (tertiary alicyclic amines) is 1. The SMILES string of the molecule is COc1cc(-c2cc(C(=O)N3CCC(C(=O)NC(C)c4cccc(Cl)c4)CC3)[nH]n2)c(Cl)cn1. The highest BCUT2D eigenvalue weighted by Gasteiger charge is 2.29. The van der Waals surface area contributed by atoms with Crippen LogP contribution in [0, 0.1) is 5.92 Å². The largest absolute Gasteiger partial charge is 0.481 e. The molecule has 0 bridgehead atoms. The van der Waals surface area contributed by atoms with Gasteiger partial charge in [-0.15, -0.1) is 0 Å². The summed E-state index contributed by atoms with van der Waals surface area (Å²) in [6, 6.07) is 10.6. The van der Waals surface area contributed by atoms with Crippen LogP contribution in [0.1, 0.15) is 41.9 Å². The smallest absolute Gasteiger partial charge is 0.271 e. The third-order valence-corrected chi connectivity index (χ3v) is 6.52. The van der Waals surface area contributed by atoms with Crippen LogP contribution in [0.3, 0.4) is 0 Å². The molecule has 1 aromatic carbocycles. The van der Waals surface area contributed by atoms with Crippen LogP contribution in [0.5, 0.6) is 5.88 Å². The predicted molar refractivity (Wildman–Crippen MR) is 130 cm³/mol. The van der Waals surface area contributed by atoms with E-state index in [0.717, 1.165) is 5.56 Å². The van der Waals surface area contributed by atoms with Crippen molar-refractivity contribution >= 4 is 35.0 Å². The molecule has 10 heteroatoms. The average molecular weight is 502 g/mol. The van der Waals surface area contributed by atoms with Crippen molar-refractivity contribution in [3.63, 3.8) is 0 Å². The molecule has 178 valence electrons. The number of methoxy groups -OCH3 is 1. The molecule has 0 saturated carbocycles. The highest BCUT2D eigenvalue weighted by Crippen LogP contribution is 2.29. The predicted octanol–water partition coefficient (Wildman–Crippen LogP) is 4.52. The quantitative estimate of drug-likeness (QED) is 0.517. The van der Waals surface area contributed by atoms with Crippen molar-refractivity contribution in [2.45, 2.75) is 25.8 Å². The van der Waals surface area contributed by atoms with E-state index < -0.39 is 0 Å². The third-order valence-electron chi connectivity index (χ3n) is 5.98. The number of H-pyrrole nitrogens is 1. The normalized spacial score (nSPS) is 15.1. The molecule has 0 radical (unpaired) electrons. The number of aromatic nitrogens is 3. The highest BCUT2D eigenvalue weighted by molar-refractivity contribution is 6.33. The van der Waals surface area contributed by atoms with Crippen molar-refractivity contribution in [2.24, 2.45) is 5.92 Å². The first-order chi connectivity index (χ1) is 16.4. The van der Waals surface area contributed by atoms with Crippen molar-refractivity contribution in [1.82, 2.24) is 25.4 Å². The lowest BCUT2D eigenvalue weighted by atomic mass is 9.95. The van der Waals surface area contributed by atoms with Crippen molar-refractivity contribution in [2.75, 3.05) is 20.2 Å². The van der Waals surface area contributed by atoms with Crippen LogP contribution in [0.15, 0.2) is 42.6 Å². The van der Waals surface area contributed by atoms with E-state index in [1.165, 1.54) is 13.3 Å². The Morgan fingerprint density at radius 3 is 2.68 bits per heavy atom. The van der Waals surface area contributed by atoms with Crippen molar-refractivity contribution in [3.8, 4) is 17.1 Å². The number of nitrogens with zero attached hydrogens (tertiary/aromatic N) is 3. The average Bonchev–Trinajstić information content (AvgIpc) is 3.34. The number of hydrogen-bond acceptors (Lipinski definition) is 5. The van der Waals surface area contributed by atoms with Crippen LogP contribution < -0.4 is 10.1 Å². The van der Waals surface area contributed by atoms with E-state index in [9.17, 15) is 9.59 Å². The van der Waals surface area contributed by atoms with Gasteiger partial charge in [-0.25, -0.2) is 4.98 Å². The van der Waals surface area contributed by atoms with Crippen LogP contribution in [0.4, 0.5) is 0 Å². The van der Waals surface area contributed by atoms with Crippen molar-refractivity contribution in [1.29, 1.82) is 0 Å². The molecule has 8 nitrogen and oxygen atoms in total. The van der Waals surface area contributed by atoms with Crippen LogP contribution in [-0.2, 0) is 4.79 Å². The minimum Gasteiger partial charge on any atom is -0.481 e. The summed E-state index contributed by atoms with van der Waals surface area (Å²) in [6.45, 7) is 2.91. The van der Waals surface area contributed by atoms with Gasteiger partial charge >= 0.3 is 0 Å². The molecule has 0 aliphatic carbocycles. The number of piperidine rings is 1. The second-order valence-electron chi connectivity index (χ2n) is 8.23. The van der Waals surface area contributed by atoms with E-state index in [0.29, 0.717) is 58.8 Å². The number of hydrogen-bond donors (Lipinski definition) is 2. The topological polar surface area (TPSA) is 100 Å². The number of benzene rings is 1. The molecule has 1 aliphatic rings. The zero-order valence-corrected chi connectivity index (χ0v) is 20.4. The fourth-order valence-electron chi connectivity index (χ4n) is 4.00. The number of pyridine rings is 1. The highest BCUT2D eigenvalue weighted by atomic mass is 35.5. The zero-order valence-electron chi connectivity index (χ0n) is 18.8. The molecule has 3 aromatic rings. The van der Waals surface area contributed by atoms with Crippen LogP contribution in [-0.4, -0.2) is 52.1 Å². The molecule has 2 aromatic heterocycles. The van der Waals surface area contributed by atoms with Crippen molar-refractivity contribution < 1.29 is 14.3 Å². The van der Waals surface area contributed by atoms with E-state index in [1.807, 2.05) is 25.1 Å². The number of rotatable bonds is 6. The standard InChI is InChI=1S/C24H25Cl2N5O3/c1-14(16-4-3-5-17(25)10-16)28-23(32)15-6-8-31(9-7-15)24(33)21-12-20(29-30-21)18-11-22(34-2)27-13-19(18)26/h3-5,10-15H,6-9H2,1-2H3,(H,28,32)(H,29,30). The molecular weight excluding hydrogens is 477 g/mol. The first-order valence-corrected chi connectivity index (χ1v) is 11.7. The summed E-state index contributed by atoms with van der Waals surface area (Å²) in [5.41, 5.74) is 2.46. The lowest BCUT2D eigenvalue weighted by Gasteiger charge is -2.31. The molecule has 1 atom stereocenters. The lowest BCUT2D eigenvalue weighted by Crippen LogP contribution is -2.43. The Hall–Kier alpha value is -3.10. The maximum Gasteiger partial charge on any atom is 0.271 e. The van der Waals surface area contributed by atoms with Crippen LogP contribution in [0.2, 0.25) is 10.0 Å². The van der Waals surface area contributed by atoms with E-state index in [2.05, 4.69) is 20.5 Å². The molecular formula is C24H25Cl2N5O3. The van der Waals surface area contributed by atoms with Gasteiger partial charge in [-0.05, 0) is 43.5 Å². The van der Waals surface area contributed by atoms with Gasteiger partial charge in [0.1, 0.15) is 5.69 Å². The van der Waals surface area contributed by atoms with Gasteiger partial charge in [0.05, 0.1) is 30.1 Å². The molecule has 1 unspecified atom stereocenters. The van der Waals surface area contributed by atoms with Gasteiger partial charge < -0.3 is 15.0 Å². The summed E-state index contributed by atoms with van der Waals surface area (Å²) in [4.78, 5) is 31.5. The number of amides is 2. The first kappa shape index (κ1) is 24.0. The molecule has 1 aliphatic heterocycles. The molecule has 34 heavy (non-hydrogen) atoms. The van der Waals surface area contributed by atoms with Gasteiger partial charge in [0.15, 0.2) is 0 Å². The summed E-state index contributed by atoms with van der Waals surface area (Å²) < 4.78 is 5.14. The maximum atomic E-state index is 13.0.